The summed E-state index contributed by atoms with van der Waals surface area (Å²) < 4.78 is 0. The first-order chi connectivity index (χ1) is 23.7. The molecule has 0 bridgehead atoms. The zero-order chi connectivity index (χ0) is 32.3. The van der Waals surface area contributed by atoms with Crippen molar-refractivity contribution in [1.82, 2.24) is 15.0 Å². The third-order valence-electron chi connectivity index (χ3n) is 8.60. The molecule has 0 spiro atoms. The SMILES string of the molecule is N#Cc1ccc(-c2ccc(-c3cccc(-c4nc(-c5ccccc5)nc(-c5ccc(-c6ccccc6)cc5)n4)c3)c3ccccc23)cc1. The number of fused-ring (bicyclic) bond motifs is 1. The fraction of sp³-hybridized carbons (Fsp3) is 0. The normalized spacial score (nSPS) is 10.9. The molecule has 1 heterocycles. The Hall–Kier alpha value is -6.70. The van der Waals surface area contributed by atoms with Crippen molar-refractivity contribution in [2.45, 2.75) is 0 Å². The van der Waals surface area contributed by atoms with Gasteiger partial charge in [-0.25, -0.2) is 15.0 Å². The second-order valence-corrected chi connectivity index (χ2v) is 11.6. The Morgan fingerprint density at radius 2 is 0.750 bits per heavy atom. The number of hydrogen-bond donors (Lipinski definition) is 0. The van der Waals surface area contributed by atoms with E-state index in [9.17, 15) is 5.26 Å². The Morgan fingerprint density at radius 1 is 0.333 bits per heavy atom. The smallest absolute Gasteiger partial charge is 0.164 e. The minimum Gasteiger partial charge on any atom is -0.208 e. The molecular weight excluding hydrogens is 585 g/mol. The maximum atomic E-state index is 9.27. The van der Waals surface area contributed by atoms with Crippen LogP contribution >= 0.6 is 0 Å². The Balaban J connectivity index is 1.22. The molecule has 0 saturated carbocycles. The second-order valence-electron chi connectivity index (χ2n) is 11.6. The zero-order valence-corrected chi connectivity index (χ0v) is 26.0. The summed E-state index contributed by atoms with van der Waals surface area (Å²) in [7, 11) is 0. The number of hydrogen-bond acceptors (Lipinski definition) is 4. The van der Waals surface area contributed by atoms with Gasteiger partial charge in [-0.3, -0.25) is 0 Å². The molecule has 1 aromatic heterocycles. The monoisotopic (exact) mass is 612 g/mol. The van der Waals surface area contributed by atoms with E-state index in [1.165, 1.54) is 5.56 Å². The summed E-state index contributed by atoms with van der Waals surface area (Å²) >= 11 is 0. The molecular formula is C44H28N4. The lowest BCUT2D eigenvalue weighted by atomic mass is 9.91. The summed E-state index contributed by atoms with van der Waals surface area (Å²) in [6, 6.07) is 60.0. The van der Waals surface area contributed by atoms with Crippen LogP contribution in [0.1, 0.15) is 5.56 Å². The molecule has 224 valence electrons. The molecule has 0 unspecified atom stereocenters. The van der Waals surface area contributed by atoms with Crippen LogP contribution < -0.4 is 0 Å². The molecule has 0 fully saturated rings. The number of aromatic nitrogens is 3. The predicted molar refractivity (Wildman–Crippen MR) is 195 cm³/mol. The molecule has 0 N–H and O–H groups in total. The van der Waals surface area contributed by atoms with E-state index in [1.54, 1.807) is 0 Å². The molecule has 4 heteroatoms. The van der Waals surface area contributed by atoms with E-state index < -0.39 is 0 Å². The summed E-state index contributed by atoms with van der Waals surface area (Å²) in [5, 5.41) is 11.6. The molecule has 0 saturated heterocycles. The van der Waals surface area contributed by atoms with Gasteiger partial charge < -0.3 is 0 Å². The highest BCUT2D eigenvalue weighted by molar-refractivity contribution is 6.05. The van der Waals surface area contributed by atoms with Crippen LogP contribution in [-0.2, 0) is 0 Å². The summed E-state index contributed by atoms with van der Waals surface area (Å²) in [5.41, 5.74) is 10.1. The number of nitriles is 1. The van der Waals surface area contributed by atoms with Gasteiger partial charge in [-0.05, 0) is 62.4 Å². The lowest BCUT2D eigenvalue weighted by Gasteiger charge is -2.13. The first-order valence-corrected chi connectivity index (χ1v) is 15.8. The van der Waals surface area contributed by atoms with E-state index in [2.05, 4.69) is 103 Å². The number of nitrogens with zero attached hydrogens (tertiary/aromatic N) is 4. The molecule has 0 aliphatic heterocycles. The van der Waals surface area contributed by atoms with Crippen LogP contribution in [0.2, 0.25) is 0 Å². The first kappa shape index (κ1) is 28.8. The summed E-state index contributed by atoms with van der Waals surface area (Å²) in [6.07, 6.45) is 0. The first-order valence-electron chi connectivity index (χ1n) is 15.8. The predicted octanol–water partition coefficient (Wildman–Crippen LogP) is 10.9. The summed E-state index contributed by atoms with van der Waals surface area (Å²) in [5.74, 6) is 1.87. The lowest BCUT2D eigenvalue weighted by molar-refractivity contribution is 1.07. The lowest BCUT2D eigenvalue weighted by Crippen LogP contribution is -2.00. The van der Waals surface area contributed by atoms with Gasteiger partial charge >= 0.3 is 0 Å². The third kappa shape index (κ3) is 5.62. The van der Waals surface area contributed by atoms with Gasteiger partial charge in [-0.1, -0.05) is 152 Å². The van der Waals surface area contributed by atoms with Crippen molar-refractivity contribution in [1.29, 1.82) is 5.26 Å². The molecule has 0 radical (unpaired) electrons. The van der Waals surface area contributed by atoms with Crippen LogP contribution in [0.4, 0.5) is 0 Å². The van der Waals surface area contributed by atoms with Gasteiger partial charge in [0.1, 0.15) is 0 Å². The van der Waals surface area contributed by atoms with Crippen molar-refractivity contribution in [2.24, 2.45) is 0 Å². The van der Waals surface area contributed by atoms with Gasteiger partial charge in [0.2, 0.25) is 0 Å². The van der Waals surface area contributed by atoms with Crippen molar-refractivity contribution >= 4 is 10.8 Å². The van der Waals surface area contributed by atoms with Crippen LogP contribution in [0.3, 0.4) is 0 Å². The largest absolute Gasteiger partial charge is 0.208 e. The Morgan fingerprint density at radius 3 is 1.35 bits per heavy atom. The Kier molecular flexibility index (Phi) is 7.54. The van der Waals surface area contributed by atoms with E-state index in [4.69, 9.17) is 15.0 Å². The van der Waals surface area contributed by atoms with Gasteiger partial charge in [-0.15, -0.1) is 0 Å². The van der Waals surface area contributed by atoms with Crippen molar-refractivity contribution in [2.75, 3.05) is 0 Å². The van der Waals surface area contributed by atoms with Crippen molar-refractivity contribution in [3.05, 3.63) is 175 Å². The topological polar surface area (TPSA) is 62.5 Å². The molecule has 0 aliphatic carbocycles. The van der Waals surface area contributed by atoms with Gasteiger partial charge in [0.05, 0.1) is 11.6 Å². The zero-order valence-electron chi connectivity index (χ0n) is 26.0. The fourth-order valence-corrected chi connectivity index (χ4v) is 6.15. The van der Waals surface area contributed by atoms with Crippen molar-refractivity contribution < 1.29 is 0 Å². The van der Waals surface area contributed by atoms with Crippen LogP contribution in [-0.4, -0.2) is 15.0 Å². The fourth-order valence-electron chi connectivity index (χ4n) is 6.15. The second kappa shape index (κ2) is 12.6. The average Bonchev–Trinajstić information content (AvgIpc) is 3.18. The van der Waals surface area contributed by atoms with E-state index in [0.717, 1.165) is 55.3 Å². The van der Waals surface area contributed by atoms with Gasteiger partial charge in [0.25, 0.3) is 0 Å². The highest BCUT2D eigenvalue weighted by Gasteiger charge is 2.15. The van der Waals surface area contributed by atoms with Crippen molar-refractivity contribution in [3.63, 3.8) is 0 Å². The Labute approximate surface area is 279 Å². The van der Waals surface area contributed by atoms with Gasteiger partial charge in [0.15, 0.2) is 17.5 Å². The number of benzene rings is 7. The van der Waals surface area contributed by atoms with E-state index in [1.807, 2.05) is 72.8 Å². The van der Waals surface area contributed by atoms with Gasteiger partial charge in [-0.2, -0.15) is 5.26 Å². The quantitative estimate of drug-likeness (QED) is 0.187. The van der Waals surface area contributed by atoms with E-state index >= 15 is 0 Å². The average molecular weight is 613 g/mol. The summed E-state index contributed by atoms with van der Waals surface area (Å²) in [6.45, 7) is 0. The van der Waals surface area contributed by atoms with E-state index in [-0.39, 0.29) is 0 Å². The van der Waals surface area contributed by atoms with Crippen LogP contribution in [0.25, 0.3) is 78.3 Å². The summed E-state index contributed by atoms with van der Waals surface area (Å²) in [4.78, 5) is 14.9. The van der Waals surface area contributed by atoms with Crippen molar-refractivity contribution in [3.8, 4) is 73.6 Å². The molecule has 0 amide bonds. The van der Waals surface area contributed by atoms with Gasteiger partial charge in [0, 0.05) is 16.7 Å². The molecule has 8 rings (SSSR count). The van der Waals surface area contributed by atoms with E-state index in [0.29, 0.717) is 23.0 Å². The van der Waals surface area contributed by atoms with Crippen LogP contribution in [0, 0.1) is 11.3 Å². The third-order valence-corrected chi connectivity index (χ3v) is 8.60. The van der Waals surface area contributed by atoms with Crippen LogP contribution in [0.15, 0.2) is 170 Å². The molecule has 0 aliphatic rings. The number of rotatable bonds is 6. The molecule has 8 aromatic rings. The molecule has 4 nitrogen and oxygen atoms in total. The molecule has 48 heavy (non-hydrogen) atoms. The highest BCUT2D eigenvalue weighted by Crippen LogP contribution is 2.37. The molecule has 7 aromatic carbocycles. The minimum atomic E-state index is 0.617. The molecule has 0 atom stereocenters. The maximum Gasteiger partial charge on any atom is 0.164 e. The maximum absolute atomic E-state index is 9.27. The van der Waals surface area contributed by atoms with Crippen LogP contribution in [0.5, 0.6) is 0 Å². The minimum absolute atomic E-state index is 0.617. The Bertz CT molecular complexity index is 2430. The standard InChI is InChI=1S/C44H28N4/c45-29-30-18-20-33(21-19-30)38-26-27-39(41-17-8-7-16-40(38)41)36-14-9-15-37(28-36)44-47-42(34-12-5-2-6-13-34)46-43(48-44)35-24-22-32(23-25-35)31-10-3-1-4-11-31/h1-28H. The highest BCUT2D eigenvalue weighted by atomic mass is 15.0.